The summed E-state index contributed by atoms with van der Waals surface area (Å²) in [7, 11) is 2.13. The summed E-state index contributed by atoms with van der Waals surface area (Å²) in [5.74, 6) is -0.0702. The molecule has 1 aliphatic heterocycles. The maximum absolute atomic E-state index is 11.9. The van der Waals surface area contributed by atoms with E-state index in [0.29, 0.717) is 13.1 Å². The van der Waals surface area contributed by atoms with E-state index in [2.05, 4.69) is 35.5 Å². The van der Waals surface area contributed by atoms with Crippen molar-refractivity contribution in [3.05, 3.63) is 29.3 Å². The highest BCUT2D eigenvalue weighted by atomic mass is 16.1. The minimum absolute atomic E-state index is 0.0600. The Bertz CT molecular complexity index is 473. The van der Waals surface area contributed by atoms with Gasteiger partial charge in [0.25, 0.3) is 0 Å². The number of amides is 1. The molecule has 0 aromatic heterocycles. The van der Waals surface area contributed by atoms with Crippen molar-refractivity contribution in [3.63, 3.8) is 0 Å². The molecule has 1 aromatic carbocycles. The molecule has 1 atom stereocenters. The van der Waals surface area contributed by atoms with Gasteiger partial charge in [0, 0.05) is 32.4 Å². The van der Waals surface area contributed by atoms with Crippen LogP contribution in [0.5, 0.6) is 0 Å². The maximum atomic E-state index is 11.9. The van der Waals surface area contributed by atoms with Crippen molar-refractivity contribution in [3.8, 4) is 0 Å². The molecule has 0 fully saturated rings. The van der Waals surface area contributed by atoms with E-state index in [-0.39, 0.29) is 11.8 Å². The first kappa shape index (κ1) is 14.9. The van der Waals surface area contributed by atoms with Gasteiger partial charge in [0.05, 0.1) is 5.92 Å². The summed E-state index contributed by atoms with van der Waals surface area (Å²) in [6.45, 7) is 4.10. The molecule has 0 saturated heterocycles. The Morgan fingerprint density at radius 1 is 1.50 bits per heavy atom. The third kappa shape index (κ3) is 3.31. The summed E-state index contributed by atoms with van der Waals surface area (Å²) < 4.78 is 0. The van der Waals surface area contributed by atoms with Gasteiger partial charge in [-0.05, 0) is 43.4 Å². The van der Waals surface area contributed by atoms with Crippen LogP contribution in [0, 0.1) is 5.92 Å². The number of hydrogen-bond donors (Lipinski definition) is 2. The Morgan fingerprint density at radius 3 is 3.00 bits per heavy atom. The number of nitrogens with one attached hydrogen (secondary N) is 1. The lowest BCUT2D eigenvalue weighted by Crippen LogP contribution is -2.36. The van der Waals surface area contributed by atoms with E-state index in [0.717, 1.165) is 19.4 Å². The highest BCUT2D eigenvalue weighted by molar-refractivity contribution is 5.79. The van der Waals surface area contributed by atoms with Crippen molar-refractivity contribution in [2.75, 3.05) is 31.6 Å². The molecule has 1 aliphatic rings. The summed E-state index contributed by atoms with van der Waals surface area (Å²) in [4.78, 5) is 14.2. The number of benzene rings is 1. The van der Waals surface area contributed by atoms with Gasteiger partial charge < -0.3 is 16.0 Å². The second-order valence-electron chi connectivity index (χ2n) is 5.52. The molecule has 1 heterocycles. The molecule has 1 amide bonds. The van der Waals surface area contributed by atoms with Crippen LogP contribution in [0.1, 0.15) is 24.5 Å². The Balaban J connectivity index is 2.11. The number of rotatable bonds is 5. The molecule has 4 nitrogen and oxygen atoms in total. The van der Waals surface area contributed by atoms with Crippen LogP contribution < -0.4 is 16.0 Å². The van der Waals surface area contributed by atoms with Gasteiger partial charge in [-0.1, -0.05) is 12.1 Å². The van der Waals surface area contributed by atoms with E-state index in [1.165, 1.54) is 23.2 Å². The van der Waals surface area contributed by atoms with Gasteiger partial charge in [-0.2, -0.15) is 0 Å². The van der Waals surface area contributed by atoms with E-state index in [4.69, 9.17) is 5.73 Å². The van der Waals surface area contributed by atoms with Crippen LogP contribution in [0.4, 0.5) is 5.69 Å². The fourth-order valence-electron chi connectivity index (χ4n) is 2.85. The molecule has 0 radical (unpaired) electrons. The molecular weight excluding hydrogens is 250 g/mol. The number of anilines is 1. The third-order valence-electron chi connectivity index (χ3n) is 3.98. The Hall–Kier alpha value is -1.55. The number of fused-ring (bicyclic) bond motifs is 1. The molecular formula is C16H25N3O. The topological polar surface area (TPSA) is 58.4 Å². The zero-order valence-electron chi connectivity index (χ0n) is 12.5. The number of aryl methyl sites for hydroxylation is 1. The van der Waals surface area contributed by atoms with Crippen LogP contribution >= 0.6 is 0 Å². The molecule has 3 N–H and O–H groups in total. The zero-order chi connectivity index (χ0) is 14.5. The van der Waals surface area contributed by atoms with Crippen LogP contribution in [0.15, 0.2) is 18.2 Å². The summed E-state index contributed by atoms with van der Waals surface area (Å²) in [6, 6.07) is 6.55. The molecule has 0 aliphatic carbocycles. The predicted octanol–water partition coefficient (Wildman–Crippen LogP) is 1.32. The minimum atomic E-state index is -0.130. The number of nitrogens with zero attached hydrogens (tertiary/aromatic N) is 1. The molecule has 0 spiro atoms. The molecule has 20 heavy (non-hydrogen) atoms. The average molecular weight is 275 g/mol. The van der Waals surface area contributed by atoms with Crippen LogP contribution in [-0.2, 0) is 17.6 Å². The van der Waals surface area contributed by atoms with Crippen LogP contribution in [0.3, 0.4) is 0 Å². The van der Waals surface area contributed by atoms with Crippen molar-refractivity contribution in [2.24, 2.45) is 11.7 Å². The van der Waals surface area contributed by atoms with Crippen LogP contribution in [0.2, 0.25) is 0 Å². The van der Waals surface area contributed by atoms with E-state index in [9.17, 15) is 4.79 Å². The highest BCUT2D eigenvalue weighted by Crippen LogP contribution is 2.27. The van der Waals surface area contributed by atoms with Crippen LogP contribution in [-0.4, -0.2) is 32.6 Å². The molecule has 1 aromatic rings. The monoisotopic (exact) mass is 275 g/mol. The standard InChI is InChI=1S/C16H25N3O/c1-3-18-16(20)14(11-17)10-12-6-7-15-13(9-12)5-4-8-19(15)2/h6-7,9,14H,3-5,8,10-11,17H2,1-2H3,(H,18,20). The van der Waals surface area contributed by atoms with E-state index >= 15 is 0 Å². The third-order valence-corrected chi connectivity index (χ3v) is 3.98. The van der Waals surface area contributed by atoms with Gasteiger partial charge in [0.2, 0.25) is 5.91 Å². The Labute approximate surface area is 121 Å². The number of hydrogen-bond acceptors (Lipinski definition) is 3. The molecule has 4 heteroatoms. The lowest BCUT2D eigenvalue weighted by Gasteiger charge is -2.28. The van der Waals surface area contributed by atoms with E-state index in [1.54, 1.807) is 0 Å². The highest BCUT2D eigenvalue weighted by Gasteiger charge is 2.18. The van der Waals surface area contributed by atoms with Gasteiger partial charge in [-0.25, -0.2) is 0 Å². The normalized spacial score (nSPS) is 15.7. The first-order chi connectivity index (χ1) is 9.65. The molecule has 0 saturated carbocycles. The van der Waals surface area contributed by atoms with Crippen molar-refractivity contribution in [1.82, 2.24) is 5.32 Å². The van der Waals surface area contributed by atoms with Crippen molar-refractivity contribution >= 4 is 11.6 Å². The average Bonchev–Trinajstić information content (AvgIpc) is 2.45. The molecule has 110 valence electrons. The smallest absolute Gasteiger partial charge is 0.224 e. The van der Waals surface area contributed by atoms with Crippen LogP contribution in [0.25, 0.3) is 0 Å². The number of carbonyl (C=O) groups excluding carboxylic acids is 1. The number of carbonyl (C=O) groups is 1. The van der Waals surface area contributed by atoms with E-state index in [1.807, 2.05) is 6.92 Å². The zero-order valence-corrected chi connectivity index (χ0v) is 12.5. The largest absolute Gasteiger partial charge is 0.374 e. The summed E-state index contributed by atoms with van der Waals surface area (Å²) in [5, 5.41) is 2.86. The summed E-state index contributed by atoms with van der Waals surface area (Å²) >= 11 is 0. The predicted molar refractivity (Wildman–Crippen MR) is 83.0 cm³/mol. The van der Waals surface area contributed by atoms with Gasteiger partial charge in [-0.15, -0.1) is 0 Å². The Morgan fingerprint density at radius 2 is 2.30 bits per heavy atom. The molecule has 0 bridgehead atoms. The quantitative estimate of drug-likeness (QED) is 0.852. The lowest BCUT2D eigenvalue weighted by molar-refractivity contribution is -0.124. The second kappa shape index (κ2) is 6.75. The Kier molecular flexibility index (Phi) is 5.01. The van der Waals surface area contributed by atoms with Crippen molar-refractivity contribution in [1.29, 1.82) is 0 Å². The first-order valence-electron chi connectivity index (χ1n) is 7.46. The molecule has 2 rings (SSSR count). The first-order valence-corrected chi connectivity index (χ1v) is 7.46. The fraction of sp³-hybridized carbons (Fsp3) is 0.562. The van der Waals surface area contributed by atoms with Gasteiger partial charge in [-0.3, -0.25) is 4.79 Å². The lowest BCUT2D eigenvalue weighted by atomic mass is 9.94. The molecule has 1 unspecified atom stereocenters. The number of nitrogens with two attached hydrogens (primary N) is 1. The van der Waals surface area contributed by atoms with Crippen molar-refractivity contribution in [2.45, 2.75) is 26.2 Å². The second-order valence-corrected chi connectivity index (χ2v) is 5.52. The maximum Gasteiger partial charge on any atom is 0.224 e. The van der Waals surface area contributed by atoms with Crippen molar-refractivity contribution < 1.29 is 4.79 Å². The minimum Gasteiger partial charge on any atom is -0.374 e. The van der Waals surface area contributed by atoms with Gasteiger partial charge in [0.1, 0.15) is 0 Å². The van der Waals surface area contributed by atoms with E-state index < -0.39 is 0 Å². The van der Waals surface area contributed by atoms with Gasteiger partial charge >= 0.3 is 0 Å². The summed E-state index contributed by atoms with van der Waals surface area (Å²) in [6.07, 6.45) is 3.05. The van der Waals surface area contributed by atoms with Gasteiger partial charge in [0.15, 0.2) is 0 Å². The fourth-order valence-corrected chi connectivity index (χ4v) is 2.85. The SMILES string of the molecule is CCNC(=O)C(CN)Cc1ccc2c(c1)CCCN2C. The summed E-state index contributed by atoms with van der Waals surface area (Å²) in [5.41, 5.74) is 9.66.